The molecule has 1 N–H and O–H groups in total. The van der Waals surface area contributed by atoms with Crippen molar-refractivity contribution in [2.24, 2.45) is 0 Å². The Labute approximate surface area is 138 Å². The zero-order valence-electron chi connectivity index (χ0n) is 12.7. The normalized spacial score (nSPS) is 34.3. The van der Waals surface area contributed by atoms with Gasteiger partial charge in [-0.25, -0.2) is 4.79 Å². The lowest BCUT2D eigenvalue weighted by Crippen LogP contribution is -2.83. The quantitative estimate of drug-likeness (QED) is 0.433. The van der Waals surface area contributed by atoms with Gasteiger partial charge < -0.3 is 14.6 Å². The molecule has 0 aromatic carbocycles. The summed E-state index contributed by atoms with van der Waals surface area (Å²) in [5.41, 5.74) is -6.27. The Bertz CT molecular complexity index is 606. The van der Waals surface area contributed by atoms with Crippen LogP contribution in [0.5, 0.6) is 0 Å². The maximum absolute atomic E-state index is 14.2. The summed E-state index contributed by atoms with van der Waals surface area (Å²) in [6.07, 6.45) is -17.9. The van der Waals surface area contributed by atoms with Gasteiger partial charge in [-0.15, -0.1) is 0 Å². The lowest BCUT2D eigenvalue weighted by molar-refractivity contribution is -0.529. The van der Waals surface area contributed by atoms with Gasteiger partial charge in [0.15, 0.2) is 5.60 Å². The summed E-state index contributed by atoms with van der Waals surface area (Å²) in [5, 5.41) is 9.32. The Hall–Kier alpha value is -1.57. The summed E-state index contributed by atoms with van der Waals surface area (Å²) >= 11 is 0. The first-order valence-corrected chi connectivity index (χ1v) is 6.35. The molecule has 1 aliphatic rings. The predicted octanol–water partition coefficient (Wildman–Crippen LogP) is 3.35. The van der Waals surface area contributed by atoms with E-state index in [1.165, 1.54) is 0 Å². The van der Waals surface area contributed by atoms with Crippen LogP contribution in [0.1, 0.15) is 13.8 Å². The fraction of sp³-hybridized carbons (Fsp3) is 0.750. The van der Waals surface area contributed by atoms with Gasteiger partial charge in [0.2, 0.25) is 6.10 Å². The molecule has 152 valence electrons. The molecule has 0 bridgehead atoms. The molecule has 14 heteroatoms. The summed E-state index contributed by atoms with van der Waals surface area (Å²) in [6, 6.07) is 0. The molecule has 1 rings (SSSR count). The van der Waals surface area contributed by atoms with E-state index in [4.69, 9.17) is 0 Å². The van der Waals surface area contributed by atoms with E-state index in [1.807, 2.05) is 0 Å². The van der Waals surface area contributed by atoms with E-state index < -0.39 is 60.2 Å². The molecule has 26 heavy (non-hydrogen) atoms. The maximum atomic E-state index is 14.2. The van der Waals surface area contributed by atoms with Crippen molar-refractivity contribution in [2.75, 3.05) is 0 Å². The molecular formula is C12H10F10O4. The van der Waals surface area contributed by atoms with Crippen LogP contribution in [0.2, 0.25) is 0 Å². The second kappa shape index (κ2) is 5.71. The summed E-state index contributed by atoms with van der Waals surface area (Å²) in [5.74, 6) is -20.4. The van der Waals surface area contributed by atoms with Crippen LogP contribution in [0.15, 0.2) is 12.2 Å². The van der Waals surface area contributed by atoms with E-state index in [1.54, 1.807) is 0 Å². The van der Waals surface area contributed by atoms with Crippen molar-refractivity contribution in [3.63, 3.8) is 0 Å². The number of hydrogen-bond donors (Lipinski definition) is 1. The van der Waals surface area contributed by atoms with Gasteiger partial charge in [0, 0.05) is 5.57 Å². The van der Waals surface area contributed by atoms with Crippen LogP contribution in [0.4, 0.5) is 43.9 Å². The van der Waals surface area contributed by atoms with Crippen LogP contribution in [0.3, 0.4) is 0 Å². The van der Waals surface area contributed by atoms with E-state index in [9.17, 15) is 53.8 Å². The molecule has 0 spiro atoms. The van der Waals surface area contributed by atoms with Crippen LogP contribution in [-0.2, 0) is 14.3 Å². The Morgan fingerprint density at radius 3 is 1.85 bits per heavy atom. The molecule has 1 saturated heterocycles. The van der Waals surface area contributed by atoms with Crippen LogP contribution < -0.4 is 0 Å². The number of alkyl halides is 10. The third-order valence-electron chi connectivity index (χ3n) is 3.54. The Kier molecular flexibility index (Phi) is 4.94. The Morgan fingerprint density at radius 2 is 1.54 bits per heavy atom. The number of ether oxygens (including phenoxy) is 2. The summed E-state index contributed by atoms with van der Waals surface area (Å²) in [4.78, 5) is 11.3. The van der Waals surface area contributed by atoms with Gasteiger partial charge in [-0.05, 0) is 13.8 Å². The summed E-state index contributed by atoms with van der Waals surface area (Å²) < 4.78 is 140. The first-order valence-electron chi connectivity index (χ1n) is 6.35. The van der Waals surface area contributed by atoms with Gasteiger partial charge in [-0.1, -0.05) is 6.58 Å². The Balaban J connectivity index is 3.82. The molecule has 0 aliphatic carbocycles. The maximum Gasteiger partial charge on any atom is 0.462 e. The number of carbonyl (C=O) groups is 1. The van der Waals surface area contributed by atoms with E-state index in [-0.39, 0.29) is 0 Å². The predicted molar refractivity (Wildman–Crippen MR) is 61.1 cm³/mol. The van der Waals surface area contributed by atoms with Crippen molar-refractivity contribution >= 4 is 5.97 Å². The molecule has 4 nitrogen and oxygen atoms in total. The number of rotatable bonds is 2. The molecule has 0 aromatic rings. The van der Waals surface area contributed by atoms with Crippen LogP contribution >= 0.6 is 0 Å². The van der Waals surface area contributed by atoms with Crippen molar-refractivity contribution in [1.29, 1.82) is 0 Å². The molecule has 3 atom stereocenters. The number of carbonyl (C=O) groups excluding carboxylic acids is 1. The van der Waals surface area contributed by atoms with Gasteiger partial charge >= 0.3 is 36.0 Å². The van der Waals surface area contributed by atoms with Crippen molar-refractivity contribution in [3.05, 3.63) is 12.2 Å². The second-order valence-corrected chi connectivity index (χ2v) is 5.59. The zero-order chi connectivity index (χ0) is 21.1. The van der Waals surface area contributed by atoms with Crippen molar-refractivity contribution in [3.8, 4) is 0 Å². The van der Waals surface area contributed by atoms with E-state index in [2.05, 4.69) is 16.1 Å². The minimum Gasteiger partial charge on any atom is -0.414 e. The largest absolute Gasteiger partial charge is 0.462 e. The third kappa shape index (κ3) is 2.82. The molecule has 1 fully saturated rings. The molecular weight excluding hydrogens is 398 g/mol. The molecule has 0 amide bonds. The van der Waals surface area contributed by atoms with Gasteiger partial charge in [-0.3, -0.25) is 0 Å². The molecule has 1 aliphatic heterocycles. The molecule has 0 saturated carbocycles. The van der Waals surface area contributed by atoms with Crippen molar-refractivity contribution < 1.29 is 63.3 Å². The van der Waals surface area contributed by atoms with Crippen molar-refractivity contribution in [1.82, 2.24) is 0 Å². The number of aliphatic hydroxyl groups is 1. The SMILES string of the molecule is C=C(C)C(=O)OC1(C(F)(F)F)OC(C(F)(F)F)C(F)(F)C(C)(O)C1(F)F. The lowest BCUT2D eigenvalue weighted by atomic mass is 9.78. The monoisotopic (exact) mass is 408 g/mol. The highest BCUT2D eigenvalue weighted by Gasteiger charge is 2.91. The average molecular weight is 408 g/mol. The minimum atomic E-state index is -6.66. The van der Waals surface area contributed by atoms with Gasteiger partial charge in [0.1, 0.15) is 0 Å². The standard InChI is InChI=1S/C12H10F10O4/c1-4(2)5(23)25-11(12(20,21)22)10(18,19)7(3,24)8(13,14)6(26-11)9(15,16)17/h6,24H,1H2,2-3H3. The first-order chi connectivity index (χ1) is 11.2. The highest BCUT2D eigenvalue weighted by atomic mass is 19.4. The fourth-order valence-electron chi connectivity index (χ4n) is 1.98. The van der Waals surface area contributed by atoms with Crippen molar-refractivity contribution in [2.45, 2.75) is 55.5 Å². The van der Waals surface area contributed by atoms with Crippen LogP contribution in [-0.4, -0.2) is 52.8 Å². The van der Waals surface area contributed by atoms with E-state index >= 15 is 0 Å². The summed E-state index contributed by atoms with van der Waals surface area (Å²) in [6.45, 7) is 2.72. The number of esters is 1. The zero-order valence-corrected chi connectivity index (χ0v) is 12.7. The van der Waals surface area contributed by atoms with Gasteiger partial charge in [-0.2, -0.15) is 43.9 Å². The molecule has 0 aromatic heterocycles. The highest BCUT2D eigenvalue weighted by molar-refractivity contribution is 5.87. The van der Waals surface area contributed by atoms with Gasteiger partial charge in [0.05, 0.1) is 0 Å². The smallest absolute Gasteiger partial charge is 0.414 e. The fourth-order valence-corrected chi connectivity index (χ4v) is 1.98. The lowest BCUT2D eigenvalue weighted by Gasteiger charge is -2.54. The Morgan fingerprint density at radius 1 is 1.12 bits per heavy atom. The molecule has 0 radical (unpaired) electrons. The topological polar surface area (TPSA) is 55.8 Å². The van der Waals surface area contributed by atoms with Gasteiger partial charge in [0.25, 0.3) is 0 Å². The van der Waals surface area contributed by atoms with E-state index in [0.717, 1.165) is 0 Å². The minimum absolute atomic E-state index is 0.640. The molecule has 1 heterocycles. The highest BCUT2D eigenvalue weighted by Crippen LogP contribution is 2.62. The second-order valence-electron chi connectivity index (χ2n) is 5.59. The average Bonchev–Trinajstić information content (AvgIpc) is 2.37. The first kappa shape index (κ1) is 22.5. The number of hydrogen-bond acceptors (Lipinski definition) is 4. The third-order valence-corrected chi connectivity index (χ3v) is 3.54. The number of halogens is 10. The molecule has 3 unspecified atom stereocenters. The van der Waals surface area contributed by atoms with Crippen LogP contribution in [0, 0.1) is 0 Å². The summed E-state index contributed by atoms with van der Waals surface area (Å²) in [7, 11) is 0. The van der Waals surface area contributed by atoms with E-state index in [0.29, 0.717) is 6.92 Å². The van der Waals surface area contributed by atoms with Crippen LogP contribution in [0.25, 0.3) is 0 Å².